The van der Waals surface area contributed by atoms with Gasteiger partial charge in [-0.1, -0.05) is 0 Å². The first-order valence-corrected chi connectivity index (χ1v) is 5.26. The number of rotatable bonds is 1. The summed E-state index contributed by atoms with van der Waals surface area (Å²) in [5, 5.41) is 11.6. The fourth-order valence-electron chi connectivity index (χ4n) is 1.74. The zero-order valence-corrected chi connectivity index (χ0v) is 9.66. The SMILES string of the molecule is Cc1cc(-n2cc(F)c(=O)[nH]c2=O)c2nncn2n1. The second-order valence-corrected chi connectivity index (χ2v) is 3.88. The molecule has 3 aromatic heterocycles. The van der Waals surface area contributed by atoms with E-state index in [9.17, 15) is 14.0 Å². The molecule has 0 aliphatic carbocycles. The Morgan fingerprint density at radius 3 is 2.95 bits per heavy atom. The Bertz CT molecular complexity index is 893. The zero-order valence-electron chi connectivity index (χ0n) is 9.66. The molecule has 3 rings (SSSR count). The molecule has 0 saturated heterocycles. The highest BCUT2D eigenvalue weighted by molar-refractivity contribution is 5.57. The van der Waals surface area contributed by atoms with Crippen molar-refractivity contribution in [2.45, 2.75) is 6.92 Å². The highest BCUT2D eigenvalue weighted by Crippen LogP contribution is 2.11. The van der Waals surface area contributed by atoms with Crippen molar-refractivity contribution in [3.8, 4) is 5.69 Å². The molecule has 0 spiro atoms. The molecule has 0 aliphatic rings. The van der Waals surface area contributed by atoms with E-state index in [-0.39, 0.29) is 11.3 Å². The lowest BCUT2D eigenvalue weighted by Crippen LogP contribution is -2.30. The van der Waals surface area contributed by atoms with Crippen molar-refractivity contribution < 1.29 is 4.39 Å². The summed E-state index contributed by atoms with van der Waals surface area (Å²) in [7, 11) is 0. The van der Waals surface area contributed by atoms with Crippen molar-refractivity contribution in [2.75, 3.05) is 0 Å². The number of fused-ring (bicyclic) bond motifs is 1. The number of H-pyrrole nitrogens is 1. The third-order valence-electron chi connectivity index (χ3n) is 2.53. The highest BCUT2D eigenvalue weighted by Gasteiger charge is 2.12. The lowest BCUT2D eigenvalue weighted by Gasteiger charge is -2.06. The van der Waals surface area contributed by atoms with Crippen LogP contribution < -0.4 is 11.2 Å². The molecular weight excluding hydrogens is 255 g/mol. The predicted octanol–water partition coefficient (Wildman–Crippen LogP) is -0.589. The van der Waals surface area contributed by atoms with Crippen LogP contribution in [0.5, 0.6) is 0 Å². The Morgan fingerprint density at radius 1 is 1.37 bits per heavy atom. The minimum atomic E-state index is -1.07. The van der Waals surface area contributed by atoms with Crippen molar-refractivity contribution in [1.29, 1.82) is 0 Å². The molecule has 19 heavy (non-hydrogen) atoms. The van der Waals surface area contributed by atoms with Gasteiger partial charge in [-0.3, -0.25) is 14.3 Å². The first-order chi connectivity index (χ1) is 9.06. The van der Waals surface area contributed by atoms with Gasteiger partial charge in [-0.15, -0.1) is 10.2 Å². The third-order valence-corrected chi connectivity index (χ3v) is 2.53. The van der Waals surface area contributed by atoms with Crippen LogP contribution in [-0.2, 0) is 0 Å². The average molecular weight is 262 g/mol. The summed E-state index contributed by atoms with van der Waals surface area (Å²) in [6.07, 6.45) is 2.17. The second kappa shape index (κ2) is 3.83. The maximum Gasteiger partial charge on any atom is 0.333 e. The lowest BCUT2D eigenvalue weighted by molar-refractivity contribution is 0.586. The summed E-state index contributed by atoms with van der Waals surface area (Å²) in [6, 6.07) is 1.54. The van der Waals surface area contributed by atoms with Crippen molar-refractivity contribution in [3.63, 3.8) is 0 Å². The van der Waals surface area contributed by atoms with E-state index in [1.807, 2.05) is 4.98 Å². The fraction of sp³-hybridized carbons (Fsp3) is 0.100. The van der Waals surface area contributed by atoms with Crippen LogP contribution in [0.1, 0.15) is 5.69 Å². The first-order valence-electron chi connectivity index (χ1n) is 5.26. The molecule has 3 heterocycles. The number of hydrogen-bond donors (Lipinski definition) is 1. The molecule has 96 valence electrons. The van der Waals surface area contributed by atoms with E-state index in [4.69, 9.17) is 0 Å². The van der Waals surface area contributed by atoms with Crippen LogP contribution in [0.15, 0.2) is 28.2 Å². The van der Waals surface area contributed by atoms with Crippen LogP contribution in [0.3, 0.4) is 0 Å². The molecule has 1 N–H and O–H groups in total. The standard InChI is InChI=1S/C10H7FN6O2/c1-5-2-7(8-14-12-4-17(8)15-5)16-3-6(11)9(18)13-10(16)19/h2-4H,1H3,(H,13,18,19). The largest absolute Gasteiger partial charge is 0.333 e. The van der Waals surface area contributed by atoms with E-state index in [0.29, 0.717) is 5.69 Å². The number of aromatic amines is 1. The fourth-order valence-corrected chi connectivity index (χ4v) is 1.74. The maximum atomic E-state index is 13.3. The smallest absolute Gasteiger partial charge is 0.271 e. The number of nitrogens with one attached hydrogen (secondary N) is 1. The topological polar surface area (TPSA) is 97.9 Å². The Hall–Kier alpha value is -2.84. The van der Waals surface area contributed by atoms with Gasteiger partial charge >= 0.3 is 5.69 Å². The van der Waals surface area contributed by atoms with Crippen molar-refractivity contribution >= 4 is 5.65 Å². The van der Waals surface area contributed by atoms with E-state index in [1.54, 1.807) is 13.0 Å². The molecular formula is C10H7FN6O2. The minimum Gasteiger partial charge on any atom is -0.271 e. The number of aromatic nitrogens is 6. The summed E-state index contributed by atoms with van der Waals surface area (Å²) in [6.45, 7) is 1.70. The van der Waals surface area contributed by atoms with Gasteiger partial charge in [0.25, 0.3) is 5.56 Å². The molecule has 0 aromatic carbocycles. The first kappa shape index (κ1) is 11.3. The molecule has 0 radical (unpaired) electrons. The monoisotopic (exact) mass is 262 g/mol. The van der Waals surface area contributed by atoms with Gasteiger partial charge in [0.15, 0.2) is 0 Å². The van der Waals surface area contributed by atoms with Crippen LogP contribution in [0.25, 0.3) is 11.3 Å². The van der Waals surface area contributed by atoms with Gasteiger partial charge in [-0.2, -0.15) is 14.0 Å². The van der Waals surface area contributed by atoms with Crippen LogP contribution in [0.4, 0.5) is 4.39 Å². The Labute approximate surface area is 104 Å². The van der Waals surface area contributed by atoms with Crippen molar-refractivity contribution in [2.24, 2.45) is 0 Å². The molecule has 8 nitrogen and oxygen atoms in total. The maximum absolute atomic E-state index is 13.3. The number of halogens is 1. The van der Waals surface area contributed by atoms with Crippen LogP contribution in [0, 0.1) is 12.7 Å². The molecule has 0 aliphatic heterocycles. The van der Waals surface area contributed by atoms with E-state index < -0.39 is 17.1 Å². The van der Waals surface area contributed by atoms with E-state index in [1.165, 1.54) is 10.8 Å². The zero-order chi connectivity index (χ0) is 13.6. The van der Waals surface area contributed by atoms with Crippen LogP contribution in [0.2, 0.25) is 0 Å². The number of nitrogens with zero attached hydrogens (tertiary/aromatic N) is 5. The molecule has 0 unspecified atom stereocenters. The van der Waals surface area contributed by atoms with Crippen LogP contribution >= 0.6 is 0 Å². The Balaban J connectivity index is 2.42. The van der Waals surface area contributed by atoms with Gasteiger partial charge in [0.05, 0.1) is 17.6 Å². The van der Waals surface area contributed by atoms with Gasteiger partial charge in [0.1, 0.15) is 6.33 Å². The summed E-state index contributed by atoms with van der Waals surface area (Å²) in [4.78, 5) is 24.6. The van der Waals surface area contributed by atoms with E-state index >= 15 is 0 Å². The predicted molar refractivity (Wildman–Crippen MR) is 61.7 cm³/mol. The number of aryl methyl sites for hydroxylation is 1. The average Bonchev–Trinajstić information content (AvgIpc) is 2.80. The highest BCUT2D eigenvalue weighted by atomic mass is 19.1. The molecule has 0 bridgehead atoms. The molecule has 0 fully saturated rings. The Kier molecular flexibility index (Phi) is 2.27. The summed E-state index contributed by atoms with van der Waals surface area (Å²) < 4.78 is 15.6. The van der Waals surface area contributed by atoms with Gasteiger partial charge in [-0.25, -0.2) is 4.79 Å². The van der Waals surface area contributed by atoms with Gasteiger partial charge < -0.3 is 0 Å². The van der Waals surface area contributed by atoms with Crippen molar-refractivity contribution in [3.05, 3.63) is 50.9 Å². The quantitative estimate of drug-likeness (QED) is 0.632. The molecule has 3 aromatic rings. The molecule has 0 amide bonds. The van der Waals surface area contributed by atoms with Gasteiger partial charge in [-0.05, 0) is 13.0 Å². The molecule has 0 atom stereocenters. The molecule has 0 saturated carbocycles. The summed E-state index contributed by atoms with van der Waals surface area (Å²) in [5.41, 5.74) is -0.684. The summed E-state index contributed by atoms with van der Waals surface area (Å²) in [5.74, 6) is -1.06. The van der Waals surface area contributed by atoms with Gasteiger partial charge in [0.2, 0.25) is 11.5 Å². The second-order valence-electron chi connectivity index (χ2n) is 3.88. The third kappa shape index (κ3) is 1.71. The normalized spacial score (nSPS) is 11.1. The van der Waals surface area contributed by atoms with E-state index in [2.05, 4.69) is 15.3 Å². The minimum absolute atomic E-state index is 0.277. The lowest BCUT2D eigenvalue weighted by atomic mass is 10.3. The summed E-state index contributed by atoms with van der Waals surface area (Å²) >= 11 is 0. The van der Waals surface area contributed by atoms with Crippen molar-refractivity contribution in [1.82, 2.24) is 29.4 Å². The van der Waals surface area contributed by atoms with Crippen LogP contribution in [-0.4, -0.2) is 29.4 Å². The Morgan fingerprint density at radius 2 is 2.16 bits per heavy atom. The number of hydrogen-bond acceptors (Lipinski definition) is 5. The van der Waals surface area contributed by atoms with E-state index in [0.717, 1.165) is 10.8 Å². The molecule has 9 heteroatoms. The van der Waals surface area contributed by atoms with Gasteiger partial charge in [0, 0.05) is 0 Å².